The molecule has 0 spiro atoms. The van der Waals surface area contributed by atoms with Crippen LogP contribution in [0.1, 0.15) is 71.2 Å². The third-order valence-electron chi connectivity index (χ3n) is 6.61. The van der Waals surface area contributed by atoms with Gasteiger partial charge in [-0.25, -0.2) is 4.79 Å². The van der Waals surface area contributed by atoms with E-state index in [9.17, 15) is 22.8 Å². The lowest BCUT2D eigenvalue weighted by molar-refractivity contribution is -0.137. The molecule has 10 heteroatoms. The van der Waals surface area contributed by atoms with Gasteiger partial charge in [0.1, 0.15) is 23.1 Å². The number of ether oxygens (including phenoxy) is 2. The van der Waals surface area contributed by atoms with Gasteiger partial charge in [0, 0.05) is 31.7 Å². The average molecular weight is 564 g/mol. The van der Waals surface area contributed by atoms with Gasteiger partial charge in [0.05, 0.1) is 5.56 Å². The molecule has 1 heterocycles. The molecule has 0 saturated carbocycles. The second-order valence-corrected chi connectivity index (χ2v) is 11.5. The molecule has 0 fully saturated rings. The smallest absolute Gasteiger partial charge is 0.416 e. The fraction of sp³-hybridized carbons (Fsp3) is 0.533. The minimum absolute atomic E-state index is 0.0510. The highest BCUT2D eigenvalue weighted by atomic mass is 19.4. The SMILES string of the molecule is CC(C)N(CCNC(=O)C1c2ccc(Oc3cccc(C(F)(F)F)c3)cc2CCN1C(=O)OC(C)(C)C)C(C)C. The molecule has 40 heavy (non-hydrogen) atoms. The first-order valence-corrected chi connectivity index (χ1v) is 13.6. The first kappa shape index (κ1) is 31.3. The molecule has 0 aliphatic carbocycles. The van der Waals surface area contributed by atoms with Gasteiger partial charge in [0.25, 0.3) is 0 Å². The highest BCUT2D eigenvalue weighted by Crippen LogP contribution is 2.36. The Balaban J connectivity index is 1.86. The van der Waals surface area contributed by atoms with Crippen LogP contribution >= 0.6 is 0 Å². The third-order valence-corrected chi connectivity index (χ3v) is 6.61. The number of hydrogen-bond acceptors (Lipinski definition) is 5. The molecular formula is C30H40F3N3O4. The van der Waals surface area contributed by atoms with Crippen LogP contribution in [0.2, 0.25) is 0 Å². The van der Waals surface area contributed by atoms with Crippen molar-refractivity contribution in [3.8, 4) is 11.5 Å². The summed E-state index contributed by atoms with van der Waals surface area (Å²) in [7, 11) is 0. The van der Waals surface area contributed by atoms with E-state index in [2.05, 4.69) is 37.9 Å². The van der Waals surface area contributed by atoms with E-state index in [1.165, 1.54) is 17.0 Å². The predicted octanol–water partition coefficient (Wildman–Crippen LogP) is 6.57. The van der Waals surface area contributed by atoms with Crippen molar-refractivity contribution >= 4 is 12.0 Å². The molecule has 1 atom stereocenters. The quantitative estimate of drug-likeness (QED) is 0.394. The van der Waals surface area contributed by atoms with Gasteiger partial charge in [0.15, 0.2) is 0 Å². The van der Waals surface area contributed by atoms with Crippen LogP contribution in [-0.2, 0) is 22.1 Å². The Morgan fingerprint density at radius 1 is 1.02 bits per heavy atom. The third kappa shape index (κ3) is 8.13. The van der Waals surface area contributed by atoms with Gasteiger partial charge in [-0.1, -0.05) is 12.1 Å². The number of amides is 2. The number of rotatable bonds is 8. The Morgan fingerprint density at radius 2 is 1.68 bits per heavy atom. The Morgan fingerprint density at radius 3 is 2.27 bits per heavy atom. The minimum atomic E-state index is -4.48. The molecule has 1 N–H and O–H groups in total. The van der Waals surface area contributed by atoms with Crippen LogP contribution in [0, 0.1) is 0 Å². The molecule has 1 aliphatic rings. The van der Waals surface area contributed by atoms with Gasteiger partial charge < -0.3 is 14.8 Å². The molecule has 7 nitrogen and oxygen atoms in total. The highest BCUT2D eigenvalue weighted by molar-refractivity contribution is 5.88. The Kier molecular flexibility index (Phi) is 9.76. The zero-order valence-electron chi connectivity index (χ0n) is 24.3. The summed E-state index contributed by atoms with van der Waals surface area (Å²) in [5.41, 5.74) is -0.150. The van der Waals surface area contributed by atoms with E-state index >= 15 is 0 Å². The molecule has 2 amide bonds. The van der Waals surface area contributed by atoms with Gasteiger partial charge in [-0.15, -0.1) is 0 Å². The maximum absolute atomic E-state index is 13.6. The van der Waals surface area contributed by atoms with Gasteiger partial charge in [-0.2, -0.15) is 13.2 Å². The van der Waals surface area contributed by atoms with Crippen molar-refractivity contribution in [1.82, 2.24) is 15.1 Å². The van der Waals surface area contributed by atoms with Crippen molar-refractivity contribution in [1.29, 1.82) is 0 Å². The topological polar surface area (TPSA) is 71.1 Å². The minimum Gasteiger partial charge on any atom is -0.457 e. The number of nitrogens with one attached hydrogen (secondary N) is 1. The summed E-state index contributed by atoms with van der Waals surface area (Å²) in [5.74, 6) is 0.0633. The van der Waals surface area contributed by atoms with Crippen LogP contribution in [0.5, 0.6) is 11.5 Å². The summed E-state index contributed by atoms with van der Waals surface area (Å²) in [4.78, 5) is 30.4. The fourth-order valence-electron chi connectivity index (χ4n) is 4.86. The Hall–Kier alpha value is -3.27. The summed E-state index contributed by atoms with van der Waals surface area (Å²) in [6.07, 6.45) is -4.65. The molecule has 0 radical (unpaired) electrons. The molecule has 0 bridgehead atoms. The lowest BCUT2D eigenvalue weighted by Gasteiger charge is -2.37. The molecule has 220 valence electrons. The van der Waals surface area contributed by atoms with Gasteiger partial charge >= 0.3 is 12.3 Å². The fourth-order valence-corrected chi connectivity index (χ4v) is 4.86. The average Bonchev–Trinajstić information content (AvgIpc) is 2.83. The summed E-state index contributed by atoms with van der Waals surface area (Å²) in [5, 5.41) is 2.99. The summed E-state index contributed by atoms with van der Waals surface area (Å²) < 4.78 is 50.7. The van der Waals surface area contributed by atoms with E-state index in [1.807, 2.05) is 0 Å². The number of hydrogen-bond donors (Lipinski definition) is 1. The first-order chi connectivity index (χ1) is 18.6. The van der Waals surface area contributed by atoms with Crippen molar-refractivity contribution in [2.75, 3.05) is 19.6 Å². The van der Waals surface area contributed by atoms with E-state index < -0.39 is 29.5 Å². The lowest BCUT2D eigenvalue weighted by atomic mass is 9.92. The van der Waals surface area contributed by atoms with Crippen LogP contribution in [0.15, 0.2) is 42.5 Å². The number of carbonyl (C=O) groups excluding carboxylic acids is 2. The van der Waals surface area contributed by atoms with E-state index in [1.54, 1.807) is 39.0 Å². The molecule has 2 aromatic carbocycles. The Bertz CT molecular complexity index is 1180. The van der Waals surface area contributed by atoms with Gasteiger partial charge in [-0.05, 0) is 96.3 Å². The van der Waals surface area contributed by atoms with Crippen LogP contribution in [-0.4, -0.2) is 59.1 Å². The maximum Gasteiger partial charge on any atom is 0.416 e. The summed E-state index contributed by atoms with van der Waals surface area (Å²) in [6.45, 7) is 15.0. The molecular weight excluding hydrogens is 523 g/mol. The highest BCUT2D eigenvalue weighted by Gasteiger charge is 2.38. The molecule has 0 aromatic heterocycles. The second-order valence-electron chi connectivity index (χ2n) is 11.5. The van der Waals surface area contributed by atoms with Crippen molar-refractivity contribution in [3.63, 3.8) is 0 Å². The van der Waals surface area contributed by atoms with Crippen molar-refractivity contribution in [3.05, 3.63) is 59.2 Å². The maximum atomic E-state index is 13.6. The number of fused-ring (bicyclic) bond motifs is 1. The zero-order chi connectivity index (χ0) is 29.8. The van der Waals surface area contributed by atoms with Crippen molar-refractivity contribution in [2.24, 2.45) is 0 Å². The van der Waals surface area contributed by atoms with E-state index in [-0.39, 0.29) is 18.2 Å². The van der Waals surface area contributed by atoms with Gasteiger partial charge in [-0.3, -0.25) is 14.6 Å². The number of carbonyl (C=O) groups is 2. The van der Waals surface area contributed by atoms with Crippen molar-refractivity contribution in [2.45, 2.75) is 84.8 Å². The monoisotopic (exact) mass is 563 g/mol. The summed E-state index contributed by atoms with van der Waals surface area (Å²) >= 11 is 0. The first-order valence-electron chi connectivity index (χ1n) is 13.6. The number of benzene rings is 2. The van der Waals surface area contributed by atoms with Crippen molar-refractivity contribution < 1.29 is 32.2 Å². The van der Waals surface area contributed by atoms with E-state index in [0.717, 1.165) is 17.7 Å². The second kappa shape index (κ2) is 12.5. The Labute approximate surface area is 234 Å². The standard InChI is InChI=1S/C30H40F3N3O4/c1-19(2)35(20(3)4)16-14-34-27(37)26-25-12-11-24(39-23-10-8-9-22(18-23)30(31,32)33)17-21(25)13-15-36(26)28(38)40-29(5,6)7/h8-12,17-20,26H,13-16H2,1-7H3,(H,34,37). The molecule has 3 rings (SSSR count). The molecule has 2 aromatic rings. The normalized spacial score (nSPS) is 15.8. The molecule has 1 aliphatic heterocycles. The number of halogens is 3. The lowest BCUT2D eigenvalue weighted by Crippen LogP contribution is -2.50. The molecule has 1 unspecified atom stereocenters. The van der Waals surface area contributed by atoms with Crippen LogP contribution < -0.4 is 10.1 Å². The van der Waals surface area contributed by atoms with Gasteiger partial charge in [0.2, 0.25) is 5.91 Å². The van der Waals surface area contributed by atoms with Crippen LogP contribution in [0.25, 0.3) is 0 Å². The summed E-state index contributed by atoms with van der Waals surface area (Å²) in [6, 6.07) is 9.34. The van der Waals surface area contributed by atoms with E-state index in [0.29, 0.717) is 42.9 Å². The number of nitrogens with zero attached hydrogens (tertiary/aromatic N) is 2. The predicted molar refractivity (Wildman–Crippen MR) is 147 cm³/mol. The van der Waals surface area contributed by atoms with Crippen LogP contribution in [0.4, 0.5) is 18.0 Å². The largest absolute Gasteiger partial charge is 0.457 e. The number of alkyl halides is 3. The van der Waals surface area contributed by atoms with Crippen LogP contribution in [0.3, 0.4) is 0 Å². The molecule has 0 saturated heterocycles. The van der Waals surface area contributed by atoms with E-state index in [4.69, 9.17) is 9.47 Å². The zero-order valence-corrected chi connectivity index (χ0v) is 24.3.